The molecule has 0 atom stereocenters. The molecule has 3 fully saturated rings. The zero-order chi connectivity index (χ0) is 23.2. The van der Waals surface area contributed by atoms with Crippen LogP contribution in [0.15, 0.2) is 18.2 Å². The minimum Gasteiger partial charge on any atom is -0.356 e. The van der Waals surface area contributed by atoms with Crippen LogP contribution in [0.1, 0.15) is 54.8 Å². The lowest BCUT2D eigenvalue weighted by Crippen LogP contribution is -2.40. The van der Waals surface area contributed by atoms with Crippen molar-refractivity contribution in [3.05, 3.63) is 34.9 Å². The van der Waals surface area contributed by atoms with Gasteiger partial charge in [-0.1, -0.05) is 11.6 Å². The van der Waals surface area contributed by atoms with E-state index in [-0.39, 0.29) is 31.8 Å². The average molecular weight is 477 g/mol. The van der Waals surface area contributed by atoms with E-state index in [1.165, 1.54) is 12.8 Å². The summed E-state index contributed by atoms with van der Waals surface area (Å²) in [5.74, 6) is -1.98. The SMILES string of the molecule is Cc1cc(N2CCC(F)(F)CC2)nc(C(=O)Nc2ccc(Cl)nc2N2CCC3(CC2)CC3)n1. The first-order valence-electron chi connectivity index (χ1n) is 11.4. The van der Waals surface area contributed by atoms with E-state index in [0.717, 1.165) is 25.9 Å². The number of rotatable bonds is 4. The fourth-order valence-electron chi connectivity index (χ4n) is 4.69. The predicted octanol–water partition coefficient (Wildman–Crippen LogP) is 4.70. The van der Waals surface area contributed by atoms with Gasteiger partial charge in [-0.2, -0.15) is 0 Å². The van der Waals surface area contributed by atoms with Crippen LogP contribution in [0.5, 0.6) is 0 Å². The average Bonchev–Trinajstić information content (AvgIpc) is 3.54. The number of aromatic nitrogens is 3. The van der Waals surface area contributed by atoms with Gasteiger partial charge in [0.1, 0.15) is 11.0 Å². The Kier molecular flexibility index (Phi) is 5.63. The Labute approximate surface area is 196 Å². The Morgan fingerprint density at radius 3 is 2.30 bits per heavy atom. The second-order valence-electron chi connectivity index (χ2n) is 9.48. The number of hydrogen-bond donors (Lipinski definition) is 1. The Balaban J connectivity index is 1.34. The number of hydrogen-bond acceptors (Lipinski definition) is 6. The monoisotopic (exact) mass is 476 g/mol. The summed E-state index contributed by atoms with van der Waals surface area (Å²) in [7, 11) is 0. The first-order chi connectivity index (χ1) is 15.7. The topological polar surface area (TPSA) is 74.2 Å². The second-order valence-corrected chi connectivity index (χ2v) is 9.87. The van der Waals surface area contributed by atoms with Crippen molar-refractivity contribution in [2.75, 3.05) is 41.3 Å². The highest BCUT2D eigenvalue weighted by atomic mass is 35.5. The van der Waals surface area contributed by atoms with Crippen molar-refractivity contribution >= 4 is 34.8 Å². The normalized spacial score (nSPS) is 21.2. The third-order valence-electron chi connectivity index (χ3n) is 7.03. The van der Waals surface area contributed by atoms with Gasteiger partial charge < -0.3 is 15.1 Å². The first-order valence-corrected chi connectivity index (χ1v) is 11.8. The van der Waals surface area contributed by atoms with Crippen molar-refractivity contribution < 1.29 is 13.6 Å². The summed E-state index contributed by atoms with van der Waals surface area (Å²) in [6, 6.07) is 5.11. The van der Waals surface area contributed by atoms with Crippen molar-refractivity contribution in [3.8, 4) is 0 Å². The maximum atomic E-state index is 13.5. The number of nitrogens with zero attached hydrogens (tertiary/aromatic N) is 5. The summed E-state index contributed by atoms with van der Waals surface area (Å²) in [4.78, 5) is 30.2. The lowest BCUT2D eigenvalue weighted by atomic mass is 9.94. The number of amides is 1. The minimum absolute atomic E-state index is 0.00110. The highest BCUT2D eigenvalue weighted by molar-refractivity contribution is 6.29. The van der Waals surface area contributed by atoms with Gasteiger partial charge in [0, 0.05) is 50.8 Å². The van der Waals surface area contributed by atoms with Gasteiger partial charge in [-0.15, -0.1) is 0 Å². The molecule has 2 saturated heterocycles. The van der Waals surface area contributed by atoms with Crippen LogP contribution >= 0.6 is 11.6 Å². The second kappa shape index (κ2) is 8.34. The summed E-state index contributed by atoms with van der Waals surface area (Å²) in [6.07, 6.45) is 4.38. The largest absolute Gasteiger partial charge is 0.356 e. The Morgan fingerprint density at radius 1 is 0.970 bits per heavy atom. The van der Waals surface area contributed by atoms with E-state index in [1.54, 1.807) is 30.0 Å². The standard InChI is InChI=1S/C23H27ClF2N6O/c1-15-14-18(31-12-8-23(25,26)9-13-31)30-19(27-15)21(33)28-16-2-3-17(24)29-20(16)32-10-6-22(4-5-22)7-11-32/h2-3,14H,4-13H2,1H3,(H,28,33). The molecule has 0 bridgehead atoms. The predicted molar refractivity (Wildman–Crippen MR) is 123 cm³/mol. The summed E-state index contributed by atoms with van der Waals surface area (Å²) < 4.78 is 27.1. The van der Waals surface area contributed by atoms with Gasteiger partial charge in [0.05, 0.1) is 5.69 Å². The van der Waals surface area contributed by atoms with E-state index in [9.17, 15) is 13.6 Å². The summed E-state index contributed by atoms with van der Waals surface area (Å²) in [5.41, 5.74) is 1.67. The summed E-state index contributed by atoms with van der Waals surface area (Å²) >= 11 is 6.17. The van der Waals surface area contributed by atoms with Gasteiger partial charge >= 0.3 is 0 Å². The van der Waals surface area contributed by atoms with E-state index >= 15 is 0 Å². The molecule has 4 heterocycles. The number of pyridine rings is 1. The number of anilines is 3. The summed E-state index contributed by atoms with van der Waals surface area (Å²) in [5, 5.41) is 3.26. The van der Waals surface area contributed by atoms with Crippen molar-refractivity contribution in [3.63, 3.8) is 0 Å². The zero-order valence-corrected chi connectivity index (χ0v) is 19.3. The Hall–Kier alpha value is -2.55. The van der Waals surface area contributed by atoms with Crippen LogP contribution in [0.2, 0.25) is 5.15 Å². The molecule has 1 spiro atoms. The lowest BCUT2D eigenvalue weighted by Gasteiger charge is -2.34. The van der Waals surface area contributed by atoms with Crippen molar-refractivity contribution in [2.45, 2.75) is 51.4 Å². The van der Waals surface area contributed by atoms with Crippen LogP contribution in [-0.4, -0.2) is 53.0 Å². The molecule has 33 heavy (non-hydrogen) atoms. The van der Waals surface area contributed by atoms with E-state index in [0.29, 0.717) is 33.6 Å². The molecule has 1 aliphatic carbocycles. The maximum absolute atomic E-state index is 13.5. The van der Waals surface area contributed by atoms with Crippen molar-refractivity contribution in [2.24, 2.45) is 5.41 Å². The molecule has 3 aliphatic rings. The molecule has 0 unspecified atom stereocenters. The molecule has 1 amide bonds. The summed E-state index contributed by atoms with van der Waals surface area (Å²) in [6.45, 7) is 3.89. The molecule has 2 aromatic heterocycles. The van der Waals surface area contributed by atoms with E-state index in [4.69, 9.17) is 11.6 Å². The van der Waals surface area contributed by atoms with Gasteiger partial charge in [0.15, 0.2) is 5.82 Å². The first kappa shape index (κ1) is 22.3. The van der Waals surface area contributed by atoms with Gasteiger partial charge in [0.2, 0.25) is 5.82 Å². The molecule has 2 aliphatic heterocycles. The molecule has 0 radical (unpaired) electrons. The van der Waals surface area contributed by atoms with E-state index in [1.807, 2.05) is 0 Å². The smallest absolute Gasteiger partial charge is 0.293 e. The highest BCUT2D eigenvalue weighted by Gasteiger charge is 2.44. The van der Waals surface area contributed by atoms with Gasteiger partial charge in [-0.3, -0.25) is 4.79 Å². The van der Waals surface area contributed by atoms with Gasteiger partial charge in [-0.05, 0) is 50.2 Å². The number of carbonyl (C=O) groups is 1. The van der Waals surface area contributed by atoms with Crippen LogP contribution < -0.4 is 15.1 Å². The number of piperidine rings is 2. The number of alkyl halides is 2. The molecule has 2 aromatic rings. The molecule has 1 N–H and O–H groups in total. The van der Waals surface area contributed by atoms with Crippen LogP contribution in [0.3, 0.4) is 0 Å². The molecule has 1 saturated carbocycles. The highest BCUT2D eigenvalue weighted by Crippen LogP contribution is 2.54. The molecular weight excluding hydrogens is 450 g/mol. The van der Waals surface area contributed by atoms with Crippen LogP contribution in [-0.2, 0) is 0 Å². The van der Waals surface area contributed by atoms with Crippen LogP contribution in [0.4, 0.5) is 26.1 Å². The zero-order valence-electron chi connectivity index (χ0n) is 18.6. The lowest BCUT2D eigenvalue weighted by molar-refractivity contribution is -0.0221. The molecular formula is C23H27ClF2N6O. The van der Waals surface area contributed by atoms with Gasteiger partial charge in [0.25, 0.3) is 11.8 Å². The molecule has 0 aromatic carbocycles. The number of halogens is 3. The van der Waals surface area contributed by atoms with Gasteiger partial charge in [-0.25, -0.2) is 23.7 Å². The fraction of sp³-hybridized carbons (Fsp3) is 0.565. The molecule has 10 heteroatoms. The molecule has 5 rings (SSSR count). The molecule has 7 nitrogen and oxygen atoms in total. The van der Waals surface area contributed by atoms with Crippen LogP contribution in [0, 0.1) is 12.3 Å². The maximum Gasteiger partial charge on any atom is 0.293 e. The van der Waals surface area contributed by atoms with E-state index < -0.39 is 11.8 Å². The number of nitrogens with one attached hydrogen (secondary N) is 1. The van der Waals surface area contributed by atoms with E-state index in [2.05, 4.69) is 25.2 Å². The number of carbonyl (C=O) groups excluding carboxylic acids is 1. The quantitative estimate of drug-likeness (QED) is 0.645. The third-order valence-corrected chi connectivity index (χ3v) is 7.24. The fourth-order valence-corrected chi connectivity index (χ4v) is 4.83. The minimum atomic E-state index is -2.65. The Morgan fingerprint density at radius 2 is 1.64 bits per heavy atom. The third kappa shape index (κ3) is 4.88. The number of aryl methyl sites for hydroxylation is 1. The van der Waals surface area contributed by atoms with Crippen molar-refractivity contribution in [1.82, 2.24) is 15.0 Å². The molecule has 176 valence electrons. The van der Waals surface area contributed by atoms with Crippen LogP contribution in [0.25, 0.3) is 0 Å². The Bertz CT molecular complexity index is 1060. The van der Waals surface area contributed by atoms with Crippen molar-refractivity contribution in [1.29, 1.82) is 0 Å².